The first-order chi connectivity index (χ1) is 7.16. The van der Waals surface area contributed by atoms with Crippen molar-refractivity contribution in [3.8, 4) is 11.5 Å². The van der Waals surface area contributed by atoms with E-state index in [-0.39, 0.29) is 5.76 Å². The molecule has 1 N–H and O–H groups in total. The largest absolute Gasteiger partial charge is 0.475 e. The molecule has 0 radical (unpaired) electrons. The minimum absolute atomic E-state index is 0.162. The number of rotatable bonds is 2. The van der Waals surface area contributed by atoms with Crippen LogP contribution in [0.3, 0.4) is 0 Å². The first kappa shape index (κ1) is 9.92. The third-order valence-corrected chi connectivity index (χ3v) is 2.28. The second-order valence-electron chi connectivity index (χ2n) is 2.85. The van der Waals surface area contributed by atoms with E-state index in [2.05, 4.69) is 20.9 Å². The van der Waals surface area contributed by atoms with Gasteiger partial charge in [0.1, 0.15) is 0 Å². The van der Waals surface area contributed by atoms with E-state index in [9.17, 15) is 4.79 Å². The summed E-state index contributed by atoms with van der Waals surface area (Å²) in [5.74, 6) is -0.984. The van der Waals surface area contributed by atoms with Crippen LogP contribution in [0.1, 0.15) is 10.6 Å². The third-order valence-electron chi connectivity index (χ3n) is 1.79. The van der Waals surface area contributed by atoms with Crippen molar-refractivity contribution in [1.29, 1.82) is 0 Å². The zero-order valence-electron chi connectivity index (χ0n) is 7.48. The number of carbonyl (C=O) groups is 1. The Kier molecular flexibility index (Phi) is 2.55. The van der Waals surface area contributed by atoms with Crippen LogP contribution in [-0.4, -0.2) is 16.1 Å². The maximum Gasteiger partial charge on any atom is 0.373 e. The van der Waals surface area contributed by atoms with E-state index in [1.54, 1.807) is 12.1 Å². The van der Waals surface area contributed by atoms with Gasteiger partial charge in [0.05, 0.1) is 6.20 Å². The number of carboxylic acid groups (broad SMARTS) is 1. The van der Waals surface area contributed by atoms with Gasteiger partial charge in [0.15, 0.2) is 0 Å². The lowest BCUT2D eigenvalue weighted by atomic mass is 10.2. The number of carboxylic acids is 1. The molecule has 5 heteroatoms. The van der Waals surface area contributed by atoms with Gasteiger partial charge in [0.2, 0.25) is 11.7 Å². The van der Waals surface area contributed by atoms with Crippen molar-refractivity contribution in [3.05, 3.63) is 40.7 Å². The first-order valence-corrected chi connectivity index (χ1v) is 4.91. The summed E-state index contributed by atoms with van der Waals surface area (Å²) < 4.78 is 5.94. The lowest BCUT2D eigenvalue weighted by Gasteiger charge is -1.95. The summed E-state index contributed by atoms with van der Waals surface area (Å²) >= 11 is 3.31. The van der Waals surface area contributed by atoms with Crippen molar-refractivity contribution in [2.75, 3.05) is 0 Å². The normalized spacial score (nSPS) is 10.2. The van der Waals surface area contributed by atoms with E-state index in [1.807, 2.05) is 12.1 Å². The Bertz CT molecular complexity index is 507. The van der Waals surface area contributed by atoms with E-state index < -0.39 is 5.97 Å². The summed E-state index contributed by atoms with van der Waals surface area (Å²) in [5.41, 5.74) is 0.733. The Balaban J connectivity index is 2.41. The van der Waals surface area contributed by atoms with Crippen molar-refractivity contribution in [3.63, 3.8) is 0 Å². The minimum atomic E-state index is -1.12. The fourth-order valence-corrected chi connectivity index (χ4v) is 1.53. The number of hydrogen-bond donors (Lipinski definition) is 1. The smallest absolute Gasteiger partial charge is 0.373 e. The fraction of sp³-hybridized carbons (Fsp3) is 0. The van der Waals surface area contributed by atoms with Crippen LogP contribution in [0.5, 0.6) is 0 Å². The molecule has 0 aliphatic rings. The number of nitrogens with zero attached hydrogens (tertiary/aromatic N) is 1. The van der Waals surface area contributed by atoms with E-state index in [0.717, 1.165) is 10.0 Å². The highest BCUT2D eigenvalue weighted by atomic mass is 79.9. The predicted molar refractivity (Wildman–Crippen MR) is 56.6 cm³/mol. The molecule has 0 aliphatic carbocycles. The summed E-state index contributed by atoms with van der Waals surface area (Å²) in [6.07, 6.45) is 1.19. The zero-order chi connectivity index (χ0) is 10.8. The highest BCUT2D eigenvalue weighted by Gasteiger charge is 2.11. The quantitative estimate of drug-likeness (QED) is 0.909. The van der Waals surface area contributed by atoms with Gasteiger partial charge in [0, 0.05) is 10.0 Å². The molecule has 0 fully saturated rings. The van der Waals surface area contributed by atoms with Crippen LogP contribution in [0, 0.1) is 0 Å². The van der Waals surface area contributed by atoms with Crippen molar-refractivity contribution in [2.24, 2.45) is 0 Å². The number of halogens is 1. The molecule has 2 aromatic rings. The molecular weight excluding hydrogens is 262 g/mol. The molecule has 76 valence electrons. The second kappa shape index (κ2) is 3.86. The molecule has 1 heterocycles. The lowest BCUT2D eigenvalue weighted by molar-refractivity contribution is 0.0663. The molecule has 1 aromatic heterocycles. The molecule has 0 saturated heterocycles. The van der Waals surface area contributed by atoms with Crippen LogP contribution in [0.15, 0.2) is 39.4 Å². The summed E-state index contributed by atoms with van der Waals surface area (Å²) in [5, 5.41) is 8.66. The van der Waals surface area contributed by atoms with Crippen molar-refractivity contribution in [2.45, 2.75) is 0 Å². The third kappa shape index (κ3) is 2.07. The Hall–Kier alpha value is -1.62. The zero-order valence-corrected chi connectivity index (χ0v) is 9.06. The van der Waals surface area contributed by atoms with Crippen molar-refractivity contribution >= 4 is 21.9 Å². The van der Waals surface area contributed by atoms with Crippen LogP contribution in [0.4, 0.5) is 0 Å². The van der Waals surface area contributed by atoms with Crippen molar-refractivity contribution < 1.29 is 14.3 Å². The molecule has 0 bridgehead atoms. The highest BCUT2D eigenvalue weighted by molar-refractivity contribution is 9.10. The van der Waals surface area contributed by atoms with Gasteiger partial charge >= 0.3 is 5.97 Å². The van der Waals surface area contributed by atoms with E-state index >= 15 is 0 Å². The van der Waals surface area contributed by atoms with Crippen LogP contribution >= 0.6 is 15.9 Å². The minimum Gasteiger partial charge on any atom is -0.475 e. The van der Waals surface area contributed by atoms with E-state index in [4.69, 9.17) is 9.52 Å². The van der Waals surface area contributed by atoms with Crippen LogP contribution in [-0.2, 0) is 0 Å². The van der Waals surface area contributed by atoms with E-state index in [0.29, 0.717) is 5.89 Å². The Labute approximate surface area is 93.7 Å². The number of benzene rings is 1. The predicted octanol–water partition coefficient (Wildman–Crippen LogP) is 2.80. The first-order valence-electron chi connectivity index (χ1n) is 4.12. The molecule has 0 atom stereocenters. The number of aromatic nitrogens is 1. The van der Waals surface area contributed by atoms with Gasteiger partial charge in [-0.05, 0) is 18.2 Å². The van der Waals surface area contributed by atoms with E-state index in [1.165, 1.54) is 6.20 Å². The maximum atomic E-state index is 10.6. The Morgan fingerprint density at radius 3 is 2.87 bits per heavy atom. The fourth-order valence-electron chi connectivity index (χ4n) is 1.13. The monoisotopic (exact) mass is 267 g/mol. The average Bonchev–Trinajstić information content (AvgIpc) is 2.66. The average molecular weight is 268 g/mol. The molecular formula is C10H6BrNO3. The lowest BCUT2D eigenvalue weighted by Crippen LogP contribution is -1.91. The summed E-state index contributed by atoms with van der Waals surface area (Å²) in [6.45, 7) is 0. The van der Waals surface area contributed by atoms with Gasteiger partial charge in [-0.15, -0.1) is 0 Å². The maximum absolute atomic E-state index is 10.6. The number of hydrogen-bond acceptors (Lipinski definition) is 3. The molecule has 0 saturated carbocycles. The van der Waals surface area contributed by atoms with Gasteiger partial charge in [-0.3, -0.25) is 0 Å². The molecule has 0 aliphatic heterocycles. The Morgan fingerprint density at radius 2 is 2.27 bits per heavy atom. The SMILES string of the molecule is O=C(O)c1cnc(-c2cccc(Br)c2)o1. The van der Waals surface area contributed by atoms with Crippen LogP contribution in [0.2, 0.25) is 0 Å². The van der Waals surface area contributed by atoms with Gasteiger partial charge in [0.25, 0.3) is 0 Å². The standard InChI is InChI=1S/C10H6BrNO3/c11-7-3-1-2-6(4-7)9-12-5-8(15-9)10(13)14/h1-5H,(H,13,14). The molecule has 0 amide bonds. The van der Waals surface area contributed by atoms with Gasteiger partial charge in [-0.2, -0.15) is 0 Å². The molecule has 0 spiro atoms. The van der Waals surface area contributed by atoms with Crippen LogP contribution in [0.25, 0.3) is 11.5 Å². The topological polar surface area (TPSA) is 63.3 Å². The number of aromatic carboxylic acids is 1. The summed E-state index contributed by atoms with van der Waals surface area (Å²) in [4.78, 5) is 14.4. The highest BCUT2D eigenvalue weighted by Crippen LogP contribution is 2.22. The van der Waals surface area contributed by atoms with Crippen LogP contribution < -0.4 is 0 Å². The molecule has 1 aromatic carbocycles. The molecule has 2 rings (SSSR count). The summed E-state index contributed by atoms with van der Waals surface area (Å²) in [6, 6.07) is 7.29. The molecule has 15 heavy (non-hydrogen) atoms. The Morgan fingerprint density at radius 1 is 1.47 bits per heavy atom. The van der Waals surface area contributed by atoms with Gasteiger partial charge < -0.3 is 9.52 Å². The molecule has 4 nitrogen and oxygen atoms in total. The summed E-state index contributed by atoms with van der Waals surface area (Å²) in [7, 11) is 0. The molecule has 0 unspecified atom stereocenters. The van der Waals surface area contributed by atoms with Gasteiger partial charge in [-0.1, -0.05) is 22.0 Å². The van der Waals surface area contributed by atoms with Gasteiger partial charge in [-0.25, -0.2) is 9.78 Å². The second-order valence-corrected chi connectivity index (χ2v) is 3.76. The van der Waals surface area contributed by atoms with Crippen molar-refractivity contribution in [1.82, 2.24) is 4.98 Å². The number of oxazole rings is 1.